The summed E-state index contributed by atoms with van der Waals surface area (Å²) in [6, 6.07) is 19.0. The number of nitrogens with zero attached hydrogens (tertiary/aromatic N) is 2. The summed E-state index contributed by atoms with van der Waals surface area (Å²) in [6.45, 7) is 2.55. The Kier molecular flexibility index (Phi) is 4.27. The predicted octanol–water partition coefficient (Wildman–Crippen LogP) is 4.25. The molecule has 1 amide bonds. The molecule has 0 fully saturated rings. The number of anilines is 2. The van der Waals surface area contributed by atoms with Crippen LogP contribution in [0.4, 0.5) is 11.4 Å². The highest BCUT2D eigenvalue weighted by Crippen LogP contribution is 2.36. The number of fused-ring (bicyclic) bond motifs is 1. The van der Waals surface area contributed by atoms with Gasteiger partial charge in [-0.1, -0.05) is 18.2 Å². The van der Waals surface area contributed by atoms with Gasteiger partial charge in [0.25, 0.3) is 5.91 Å². The third-order valence-electron chi connectivity index (χ3n) is 4.35. The molecule has 130 valence electrons. The average Bonchev–Trinajstić information content (AvgIpc) is 2.70. The number of hydrogen-bond acceptors (Lipinski definition) is 4. The molecule has 0 saturated heterocycles. The van der Waals surface area contributed by atoms with Crippen LogP contribution in [-0.2, 0) is 0 Å². The van der Waals surface area contributed by atoms with E-state index in [-0.39, 0.29) is 12.1 Å². The van der Waals surface area contributed by atoms with E-state index in [9.17, 15) is 4.79 Å². The Bertz CT molecular complexity index is 910. The van der Waals surface area contributed by atoms with Crippen molar-refractivity contribution in [1.82, 2.24) is 4.98 Å². The van der Waals surface area contributed by atoms with Gasteiger partial charge in [0.1, 0.15) is 11.9 Å². The molecule has 0 aliphatic carbocycles. The third kappa shape index (κ3) is 2.88. The fourth-order valence-corrected chi connectivity index (χ4v) is 3.16. The summed E-state index contributed by atoms with van der Waals surface area (Å²) in [6.07, 6.45) is 3.17. The van der Waals surface area contributed by atoms with Gasteiger partial charge in [0, 0.05) is 29.3 Å². The van der Waals surface area contributed by atoms with Crippen molar-refractivity contribution in [3.8, 4) is 5.75 Å². The lowest BCUT2D eigenvalue weighted by Gasteiger charge is -2.38. The number of amides is 1. The summed E-state index contributed by atoms with van der Waals surface area (Å²) in [5, 5.41) is 3.47. The van der Waals surface area contributed by atoms with Crippen molar-refractivity contribution in [3.63, 3.8) is 0 Å². The van der Waals surface area contributed by atoms with E-state index in [0.717, 1.165) is 22.7 Å². The van der Waals surface area contributed by atoms with E-state index in [1.54, 1.807) is 17.3 Å². The number of aromatic nitrogens is 1. The minimum atomic E-state index is -0.330. The number of pyridine rings is 1. The van der Waals surface area contributed by atoms with Crippen LogP contribution in [0.3, 0.4) is 0 Å². The third-order valence-corrected chi connectivity index (χ3v) is 4.35. The van der Waals surface area contributed by atoms with Crippen LogP contribution in [0.15, 0.2) is 73.1 Å². The van der Waals surface area contributed by atoms with E-state index in [0.29, 0.717) is 12.2 Å². The second kappa shape index (κ2) is 6.88. The summed E-state index contributed by atoms with van der Waals surface area (Å²) >= 11 is 0. The molecule has 0 spiro atoms. The van der Waals surface area contributed by atoms with Crippen molar-refractivity contribution >= 4 is 17.3 Å². The van der Waals surface area contributed by atoms with Crippen LogP contribution >= 0.6 is 0 Å². The van der Waals surface area contributed by atoms with Crippen LogP contribution in [0, 0.1) is 0 Å². The molecule has 1 aliphatic heterocycles. The highest BCUT2D eigenvalue weighted by atomic mass is 16.5. The van der Waals surface area contributed by atoms with Crippen LogP contribution in [0.5, 0.6) is 5.75 Å². The molecule has 2 aromatic carbocycles. The zero-order chi connectivity index (χ0) is 17.9. The predicted molar refractivity (Wildman–Crippen MR) is 101 cm³/mol. The number of nitrogens with one attached hydrogen (secondary N) is 1. The normalized spacial score (nSPS) is 16.0. The monoisotopic (exact) mass is 345 g/mol. The first kappa shape index (κ1) is 16.1. The van der Waals surface area contributed by atoms with Gasteiger partial charge < -0.3 is 10.1 Å². The van der Waals surface area contributed by atoms with Gasteiger partial charge in [0.05, 0.1) is 12.2 Å². The molecule has 1 aromatic heterocycles. The van der Waals surface area contributed by atoms with E-state index in [4.69, 9.17) is 4.74 Å². The maximum absolute atomic E-state index is 13.2. The van der Waals surface area contributed by atoms with Crippen LogP contribution in [0.2, 0.25) is 0 Å². The van der Waals surface area contributed by atoms with Crippen molar-refractivity contribution < 1.29 is 9.53 Å². The molecule has 1 N–H and O–H groups in total. The maximum atomic E-state index is 13.2. The average molecular weight is 345 g/mol. The number of para-hydroxylation sites is 1. The van der Waals surface area contributed by atoms with Crippen molar-refractivity contribution in [3.05, 3.63) is 84.2 Å². The molecule has 5 nitrogen and oxygen atoms in total. The van der Waals surface area contributed by atoms with Gasteiger partial charge in [0.15, 0.2) is 0 Å². The molecule has 0 saturated carbocycles. The molecule has 5 heteroatoms. The molecular weight excluding hydrogens is 326 g/mol. The Morgan fingerprint density at radius 3 is 2.62 bits per heavy atom. The maximum Gasteiger partial charge on any atom is 0.262 e. The van der Waals surface area contributed by atoms with E-state index in [1.807, 2.05) is 67.6 Å². The lowest BCUT2D eigenvalue weighted by atomic mass is 10.0. The van der Waals surface area contributed by atoms with Crippen LogP contribution in [-0.4, -0.2) is 17.5 Å². The van der Waals surface area contributed by atoms with Crippen LogP contribution in [0.1, 0.15) is 29.0 Å². The van der Waals surface area contributed by atoms with Crippen molar-refractivity contribution in [2.75, 3.05) is 16.8 Å². The first-order valence-electron chi connectivity index (χ1n) is 8.60. The molecular formula is C21H19N3O2. The molecule has 4 rings (SSSR count). The van der Waals surface area contributed by atoms with Gasteiger partial charge in [-0.15, -0.1) is 0 Å². The summed E-state index contributed by atoms with van der Waals surface area (Å²) in [4.78, 5) is 19.2. The Hall–Kier alpha value is -3.34. The van der Waals surface area contributed by atoms with Crippen LogP contribution in [0.25, 0.3) is 0 Å². The van der Waals surface area contributed by atoms with Crippen LogP contribution < -0.4 is 15.0 Å². The number of ether oxygens (including phenoxy) is 1. The van der Waals surface area contributed by atoms with E-state index >= 15 is 0 Å². The Morgan fingerprint density at radius 2 is 1.88 bits per heavy atom. The van der Waals surface area contributed by atoms with E-state index in [2.05, 4.69) is 10.3 Å². The first-order chi connectivity index (χ1) is 12.8. The van der Waals surface area contributed by atoms with Crippen molar-refractivity contribution in [1.29, 1.82) is 0 Å². The fourth-order valence-electron chi connectivity index (χ4n) is 3.16. The van der Waals surface area contributed by atoms with Gasteiger partial charge in [-0.25, -0.2) is 0 Å². The van der Waals surface area contributed by atoms with Gasteiger partial charge in [0.2, 0.25) is 0 Å². The molecule has 0 bridgehead atoms. The highest BCUT2D eigenvalue weighted by molar-refractivity contribution is 6.12. The van der Waals surface area contributed by atoms with Gasteiger partial charge in [-0.3, -0.25) is 14.7 Å². The summed E-state index contributed by atoms with van der Waals surface area (Å²) in [5.41, 5.74) is 3.20. The molecule has 26 heavy (non-hydrogen) atoms. The van der Waals surface area contributed by atoms with Gasteiger partial charge >= 0.3 is 0 Å². The smallest absolute Gasteiger partial charge is 0.262 e. The number of rotatable bonds is 4. The lowest BCUT2D eigenvalue weighted by molar-refractivity contribution is 0.0975. The van der Waals surface area contributed by atoms with E-state index in [1.165, 1.54) is 0 Å². The van der Waals surface area contributed by atoms with Crippen molar-refractivity contribution in [2.24, 2.45) is 0 Å². The second-order valence-electron chi connectivity index (χ2n) is 5.98. The Morgan fingerprint density at radius 1 is 1.08 bits per heavy atom. The molecule has 1 aliphatic rings. The summed E-state index contributed by atoms with van der Waals surface area (Å²) in [7, 11) is 0. The Labute approximate surface area is 152 Å². The number of carbonyl (C=O) groups is 1. The SMILES string of the molecule is CCOc1ccc(N2C(=O)c3ccccc3N[C@@H]2c2cccnc2)cc1. The number of benzene rings is 2. The fraction of sp³-hybridized carbons (Fsp3) is 0.143. The quantitative estimate of drug-likeness (QED) is 0.768. The minimum absolute atomic E-state index is 0.0441. The summed E-state index contributed by atoms with van der Waals surface area (Å²) < 4.78 is 5.51. The number of hydrogen-bond donors (Lipinski definition) is 1. The largest absolute Gasteiger partial charge is 0.494 e. The number of carbonyl (C=O) groups excluding carboxylic acids is 1. The van der Waals surface area contributed by atoms with Gasteiger partial charge in [-0.05, 0) is 49.4 Å². The zero-order valence-corrected chi connectivity index (χ0v) is 14.4. The summed E-state index contributed by atoms with van der Waals surface area (Å²) in [5.74, 6) is 0.740. The Balaban J connectivity index is 1.79. The van der Waals surface area contributed by atoms with E-state index < -0.39 is 0 Å². The van der Waals surface area contributed by atoms with Gasteiger partial charge in [-0.2, -0.15) is 0 Å². The minimum Gasteiger partial charge on any atom is -0.494 e. The molecule has 2 heterocycles. The molecule has 0 unspecified atom stereocenters. The lowest BCUT2D eigenvalue weighted by Crippen LogP contribution is -2.43. The molecule has 3 aromatic rings. The second-order valence-corrected chi connectivity index (χ2v) is 5.98. The highest BCUT2D eigenvalue weighted by Gasteiger charge is 2.34. The molecule has 0 radical (unpaired) electrons. The zero-order valence-electron chi connectivity index (χ0n) is 14.4. The first-order valence-corrected chi connectivity index (χ1v) is 8.60. The molecule has 1 atom stereocenters. The topological polar surface area (TPSA) is 54.5 Å². The van der Waals surface area contributed by atoms with Crippen molar-refractivity contribution in [2.45, 2.75) is 13.1 Å². The standard InChI is InChI=1S/C21H19N3O2/c1-2-26-17-11-9-16(10-12-17)24-20(15-6-5-13-22-14-15)23-19-8-4-3-7-18(19)21(24)25/h3-14,20,23H,2H2,1H3/t20-/m0/s1.